The Labute approximate surface area is 73.8 Å². The van der Waals surface area contributed by atoms with Gasteiger partial charge in [-0.1, -0.05) is 0 Å². The molecule has 1 aromatic heterocycles. The quantitative estimate of drug-likeness (QED) is 0.632. The Bertz CT molecular complexity index is 285. The molecule has 0 saturated carbocycles. The fourth-order valence-corrected chi connectivity index (χ4v) is 1.64. The van der Waals surface area contributed by atoms with Gasteiger partial charge >= 0.3 is 5.97 Å². The summed E-state index contributed by atoms with van der Waals surface area (Å²) in [5.74, 6) is -0.984. The Kier molecular flexibility index (Phi) is 2.67. The van der Waals surface area contributed by atoms with E-state index < -0.39 is 12.0 Å². The average Bonchev–Trinajstić information content (AvgIpc) is 2.35. The Morgan fingerprint density at radius 1 is 1.75 bits per heavy atom. The summed E-state index contributed by atoms with van der Waals surface area (Å²) in [4.78, 5) is 11.3. The highest BCUT2D eigenvalue weighted by Gasteiger charge is 2.12. The number of nitrogens with two attached hydrogens (primary N) is 2. The molecule has 0 unspecified atom stereocenters. The first-order valence-corrected chi connectivity index (χ1v) is 4.29. The van der Waals surface area contributed by atoms with E-state index in [1.807, 2.05) is 0 Å². The van der Waals surface area contributed by atoms with Crippen LogP contribution in [-0.4, -0.2) is 17.1 Å². The van der Waals surface area contributed by atoms with E-state index >= 15 is 0 Å². The smallest absolute Gasteiger partial charge is 0.320 e. The third kappa shape index (κ3) is 2.21. The summed E-state index contributed by atoms with van der Waals surface area (Å²) in [6.07, 6.45) is 0.344. The van der Waals surface area contributed by atoms with Crippen LogP contribution in [0.15, 0.2) is 11.4 Å². The summed E-state index contributed by atoms with van der Waals surface area (Å²) < 4.78 is 0. The van der Waals surface area contributed by atoms with Crippen molar-refractivity contribution >= 4 is 23.0 Å². The predicted octanol–water partition coefficient (Wildman–Crippen LogP) is 0.285. The van der Waals surface area contributed by atoms with E-state index in [1.165, 1.54) is 11.3 Å². The minimum Gasteiger partial charge on any atom is -0.480 e. The topological polar surface area (TPSA) is 89.3 Å². The van der Waals surface area contributed by atoms with Crippen molar-refractivity contribution in [1.29, 1.82) is 0 Å². The van der Waals surface area contributed by atoms with Gasteiger partial charge in [0.2, 0.25) is 0 Å². The molecule has 0 spiro atoms. The summed E-state index contributed by atoms with van der Waals surface area (Å²) in [6, 6.07) is 0.913. The summed E-state index contributed by atoms with van der Waals surface area (Å²) >= 11 is 1.43. The van der Waals surface area contributed by atoms with Crippen LogP contribution in [0.1, 0.15) is 4.88 Å². The van der Waals surface area contributed by atoms with Gasteiger partial charge in [0.1, 0.15) is 6.04 Å². The molecule has 66 valence electrons. The third-order valence-corrected chi connectivity index (χ3v) is 2.39. The van der Waals surface area contributed by atoms with Crippen LogP contribution in [-0.2, 0) is 11.2 Å². The third-order valence-electron chi connectivity index (χ3n) is 1.41. The molecule has 0 bridgehead atoms. The highest BCUT2D eigenvalue weighted by atomic mass is 32.1. The van der Waals surface area contributed by atoms with Crippen LogP contribution < -0.4 is 11.5 Å². The lowest BCUT2D eigenvalue weighted by molar-refractivity contribution is -0.138. The van der Waals surface area contributed by atoms with E-state index in [0.717, 1.165) is 4.88 Å². The Morgan fingerprint density at radius 2 is 2.42 bits per heavy atom. The maximum absolute atomic E-state index is 10.4. The van der Waals surface area contributed by atoms with E-state index in [2.05, 4.69) is 0 Å². The van der Waals surface area contributed by atoms with Crippen molar-refractivity contribution in [2.45, 2.75) is 12.5 Å². The average molecular weight is 186 g/mol. The first kappa shape index (κ1) is 9.02. The standard InChI is InChI=1S/C7H10N2O2S/c8-4-1-5(12-3-4)2-6(9)7(10)11/h1,3,6H,2,8-9H2,(H,10,11)/t6-/m0/s1. The molecule has 1 atom stereocenters. The lowest BCUT2D eigenvalue weighted by atomic mass is 10.2. The van der Waals surface area contributed by atoms with Crippen LogP contribution in [0.5, 0.6) is 0 Å². The summed E-state index contributed by atoms with van der Waals surface area (Å²) in [5, 5.41) is 10.3. The molecule has 5 N–H and O–H groups in total. The van der Waals surface area contributed by atoms with Crippen LogP contribution in [0.25, 0.3) is 0 Å². The molecule has 1 rings (SSSR count). The predicted molar refractivity (Wildman–Crippen MR) is 48.0 cm³/mol. The number of rotatable bonds is 3. The largest absolute Gasteiger partial charge is 0.480 e. The number of carbonyl (C=O) groups is 1. The Hall–Kier alpha value is -1.07. The van der Waals surface area contributed by atoms with E-state index in [-0.39, 0.29) is 0 Å². The molecule has 0 aromatic carbocycles. The zero-order chi connectivity index (χ0) is 9.14. The Morgan fingerprint density at radius 3 is 2.83 bits per heavy atom. The van der Waals surface area contributed by atoms with Crippen molar-refractivity contribution in [3.05, 3.63) is 16.3 Å². The van der Waals surface area contributed by atoms with Gasteiger partial charge in [0.05, 0.1) is 0 Å². The number of anilines is 1. The summed E-state index contributed by atoms with van der Waals surface area (Å²) in [5.41, 5.74) is 11.4. The minimum atomic E-state index is -0.984. The Balaban J connectivity index is 2.58. The molecule has 0 amide bonds. The lowest BCUT2D eigenvalue weighted by Crippen LogP contribution is -2.31. The minimum absolute atomic E-state index is 0.344. The van der Waals surface area contributed by atoms with Crippen LogP contribution in [0.2, 0.25) is 0 Å². The molecule has 0 aliphatic rings. The number of nitrogen functional groups attached to an aromatic ring is 1. The van der Waals surface area contributed by atoms with Crippen molar-refractivity contribution in [3.8, 4) is 0 Å². The molecule has 1 heterocycles. The van der Waals surface area contributed by atoms with Crippen molar-refractivity contribution in [3.63, 3.8) is 0 Å². The van der Waals surface area contributed by atoms with Gasteiger partial charge in [-0.25, -0.2) is 0 Å². The highest BCUT2D eigenvalue weighted by molar-refractivity contribution is 7.10. The van der Waals surface area contributed by atoms with E-state index in [1.54, 1.807) is 11.4 Å². The van der Waals surface area contributed by atoms with Gasteiger partial charge in [0, 0.05) is 22.4 Å². The molecule has 5 heteroatoms. The molecule has 12 heavy (non-hydrogen) atoms. The molecule has 4 nitrogen and oxygen atoms in total. The van der Waals surface area contributed by atoms with Crippen molar-refractivity contribution in [1.82, 2.24) is 0 Å². The zero-order valence-electron chi connectivity index (χ0n) is 6.36. The normalized spacial score (nSPS) is 12.8. The first-order chi connectivity index (χ1) is 5.59. The maximum atomic E-state index is 10.4. The van der Waals surface area contributed by atoms with Crippen LogP contribution in [0, 0.1) is 0 Å². The second kappa shape index (κ2) is 3.55. The number of thiophene rings is 1. The van der Waals surface area contributed by atoms with Gasteiger partial charge in [0.15, 0.2) is 0 Å². The molecular formula is C7H10N2O2S. The second-order valence-corrected chi connectivity index (χ2v) is 3.49. The van der Waals surface area contributed by atoms with Gasteiger partial charge in [-0.05, 0) is 6.07 Å². The van der Waals surface area contributed by atoms with Gasteiger partial charge < -0.3 is 16.6 Å². The fraction of sp³-hybridized carbons (Fsp3) is 0.286. The second-order valence-electron chi connectivity index (χ2n) is 2.50. The molecule has 0 aliphatic carbocycles. The van der Waals surface area contributed by atoms with Gasteiger partial charge in [0.25, 0.3) is 0 Å². The highest BCUT2D eigenvalue weighted by Crippen LogP contribution is 2.17. The van der Waals surface area contributed by atoms with E-state index in [4.69, 9.17) is 16.6 Å². The van der Waals surface area contributed by atoms with Crippen LogP contribution in [0.3, 0.4) is 0 Å². The number of carboxylic acids is 1. The molecule has 0 radical (unpaired) electrons. The maximum Gasteiger partial charge on any atom is 0.320 e. The SMILES string of the molecule is Nc1csc(C[C@H](N)C(=O)O)c1. The number of carboxylic acid groups (broad SMARTS) is 1. The molecule has 0 fully saturated rings. The number of hydrogen-bond donors (Lipinski definition) is 3. The van der Waals surface area contributed by atoms with Crippen molar-refractivity contribution in [2.24, 2.45) is 5.73 Å². The molecule has 1 aromatic rings. The van der Waals surface area contributed by atoms with Gasteiger partial charge in [-0.3, -0.25) is 4.79 Å². The van der Waals surface area contributed by atoms with Crippen LogP contribution >= 0.6 is 11.3 Å². The first-order valence-electron chi connectivity index (χ1n) is 3.41. The molecular weight excluding hydrogens is 176 g/mol. The monoisotopic (exact) mass is 186 g/mol. The van der Waals surface area contributed by atoms with Crippen LogP contribution in [0.4, 0.5) is 5.69 Å². The van der Waals surface area contributed by atoms with E-state index in [9.17, 15) is 4.79 Å². The van der Waals surface area contributed by atoms with Crippen molar-refractivity contribution < 1.29 is 9.90 Å². The fourth-order valence-electron chi connectivity index (χ4n) is 0.809. The summed E-state index contributed by atoms with van der Waals surface area (Å²) in [7, 11) is 0. The molecule has 0 aliphatic heterocycles. The number of hydrogen-bond acceptors (Lipinski definition) is 4. The zero-order valence-corrected chi connectivity index (χ0v) is 7.17. The number of aliphatic carboxylic acids is 1. The molecule has 0 saturated heterocycles. The van der Waals surface area contributed by atoms with Gasteiger partial charge in [-0.15, -0.1) is 11.3 Å². The summed E-state index contributed by atoms with van der Waals surface area (Å²) in [6.45, 7) is 0. The van der Waals surface area contributed by atoms with Crippen molar-refractivity contribution in [2.75, 3.05) is 5.73 Å². The van der Waals surface area contributed by atoms with Gasteiger partial charge in [-0.2, -0.15) is 0 Å². The lowest BCUT2D eigenvalue weighted by Gasteiger charge is -2.02. The van der Waals surface area contributed by atoms with E-state index in [0.29, 0.717) is 12.1 Å².